The van der Waals surface area contributed by atoms with E-state index in [-0.39, 0.29) is 23.7 Å². The van der Waals surface area contributed by atoms with Gasteiger partial charge in [-0.2, -0.15) is 26.3 Å². The topological polar surface area (TPSA) is 20.2 Å². The lowest BCUT2D eigenvalue weighted by molar-refractivity contribution is -0.373. The van der Waals surface area contributed by atoms with Gasteiger partial charge in [0, 0.05) is 0 Å². The van der Waals surface area contributed by atoms with Crippen LogP contribution in [0, 0.1) is 23.2 Å². The lowest BCUT2D eigenvalue weighted by Crippen LogP contribution is -2.58. The molecule has 0 saturated heterocycles. The summed E-state index contributed by atoms with van der Waals surface area (Å²) in [5.74, 6) is -1.09. The van der Waals surface area contributed by atoms with Crippen molar-refractivity contribution in [2.75, 3.05) is 0 Å². The molecule has 1 aliphatic carbocycles. The molecule has 1 saturated carbocycles. The fraction of sp³-hybridized carbons (Fsp3) is 1.00. The largest absolute Gasteiger partial charge is 0.426 e. The number of aliphatic hydroxyl groups is 1. The third-order valence-electron chi connectivity index (χ3n) is 5.68. The Morgan fingerprint density at radius 3 is 1.86 bits per heavy atom. The molecule has 22 heavy (non-hydrogen) atoms. The van der Waals surface area contributed by atoms with Gasteiger partial charge < -0.3 is 5.11 Å². The highest BCUT2D eigenvalue weighted by molar-refractivity contribution is 5.01. The number of hydrogen-bond acceptors (Lipinski definition) is 1. The Labute approximate surface area is 127 Å². The normalized spacial score (nSPS) is 34.2. The fourth-order valence-corrected chi connectivity index (χ4v) is 3.94. The molecular formula is C15H24F6O. The average molecular weight is 334 g/mol. The summed E-state index contributed by atoms with van der Waals surface area (Å²) in [6.07, 6.45) is -10.9. The van der Waals surface area contributed by atoms with E-state index < -0.39 is 30.3 Å². The van der Waals surface area contributed by atoms with Crippen LogP contribution < -0.4 is 0 Å². The molecule has 0 aromatic carbocycles. The Hall–Kier alpha value is -0.460. The average Bonchev–Trinajstić information content (AvgIpc) is 2.52. The summed E-state index contributed by atoms with van der Waals surface area (Å²) in [5.41, 5.74) is -4.91. The van der Waals surface area contributed by atoms with Crippen molar-refractivity contribution >= 4 is 0 Å². The van der Waals surface area contributed by atoms with E-state index in [2.05, 4.69) is 0 Å². The third kappa shape index (κ3) is 3.24. The SMILES string of the molecule is CCCC1(C)CC(CC(O)(C(F)(F)F)C(F)(F)F)C(C)C1C. The molecule has 1 rings (SSSR count). The van der Waals surface area contributed by atoms with Gasteiger partial charge >= 0.3 is 12.4 Å². The zero-order chi connectivity index (χ0) is 17.6. The summed E-state index contributed by atoms with van der Waals surface area (Å²) in [7, 11) is 0. The van der Waals surface area contributed by atoms with E-state index in [0.29, 0.717) is 0 Å². The second-order valence-electron chi connectivity index (χ2n) is 7.08. The summed E-state index contributed by atoms with van der Waals surface area (Å²) < 4.78 is 77.1. The van der Waals surface area contributed by atoms with Crippen LogP contribution in [-0.2, 0) is 0 Å². The van der Waals surface area contributed by atoms with Crippen molar-refractivity contribution < 1.29 is 31.4 Å². The minimum Gasteiger partial charge on any atom is -0.374 e. The van der Waals surface area contributed by atoms with Crippen LogP contribution in [0.15, 0.2) is 0 Å². The summed E-state index contributed by atoms with van der Waals surface area (Å²) in [6.45, 7) is 7.42. The lowest BCUT2D eigenvalue weighted by atomic mass is 9.75. The highest BCUT2D eigenvalue weighted by atomic mass is 19.4. The number of rotatable bonds is 4. The molecule has 0 aromatic heterocycles. The highest BCUT2D eigenvalue weighted by Crippen LogP contribution is 2.57. The van der Waals surface area contributed by atoms with Gasteiger partial charge in [-0.3, -0.25) is 0 Å². The van der Waals surface area contributed by atoms with E-state index in [1.165, 1.54) is 0 Å². The molecule has 0 spiro atoms. The minimum atomic E-state index is -5.72. The maximum atomic E-state index is 12.8. The molecule has 7 heteroatoms. The second-order valence-corrected chi connectivity index (χ2v) is 7.08. The summed E-state index contributed by atoms with van der Waals surface area (Å²) in [4.78, 5) is 0. The van der Waals surface area contributed by atoms with Crippen LogP contribution in [0.5, 0.6) is 0 Å². The van der Waals surface area contributed by atoms with E-state index in [1.54, 1.807) is 6.92 Å². The summed E-state index contributed by atoms with van der Waals surface area (Å²) >= 11 is 0. The summed E-state index contributed by atoms with van der Waals surface area (Å²) in [5, 5.41) is 9.40. The van der Waals surface area contributed by atoms with Crippen LogP contribution in [0.4, 0.5) is 26.3 Å². The Kier molecular flexibility index (Phi) is 5.23. The Balaban J connectivity index is 3.07. The van der Waals surface area contributed by atoms with Gasteiger partial charge in [-0.25, -0.2) is 0 Å². The van der Waals surface area contributed by atoms with E-state index in [1.807, 2.05) is 20.8 Å². The highest BCUT2D eigenvalue weighted by Gasteiger charge is 2.71. The van der Waals surface area contributed by atoms with E-state index in [9.17, 15) is 31.4 Å². The molecule has 1 N–H and O–H groups in total. The molecule has 0 heterocycles. The van der Waals surface area contributed by atoms with Crippen molar-refractivity contribution in [3.05, 3.63) is 0 Å². The van der Waals surface area contributed by atoms with Crippen molar-refractivity contribution in [1.82, 2.24) is 0 Å². The number of halogens is 6. The first-order chi connectivity index (χ1) is 9.69. The van der Waals surface area contributed by atoms with E-state index in [0.717, 1.165) is 12.8 Å². The molecule has 0 radical (unpaired) electrons. The second kappa shape index (κ2) is 5.87. The minimum absolute atomic E-state index is 0.0168. The van der Waals surface area contributed by atoms with E-state index in [4.69, 9.17) is 0 Å². The van der Waals surface area contributed by atoms with Gasteiger partial charge in [0.25, 0.3) is 5.60 Å². The van der Waals surface area contributed by atoms with Gasteiger partial charge in [0.1, 0.15) is 0 Å². The Bertz CT molecular complexity index is 374. The van der Waals surface area contributed by atoms with Crippen molar-refractivity contribution in [3.63, 3.8) is 0 Å². The monoisotopic (exact) mass is 334 g/mol. The molecule has 4 atom stereocenters. The molecule has 0 bridgehead atoms. The number of hydrogen-bond donors (Lipinski definition) is 1. The van der Waals surface area contributed by atoms with Crippen LogP contribution >= 0.6 is 0 Å². The van der Waals surface area contributed by atoms with Gasteiger partial charge in [-0.05, 0) is 42.4 Å². The Morgan fingerprint density at radius 2 is 1.50 bits per heavy atom. The predicted molar refractivity (Wildman–Crippen MR) is 71.1 cm³/mol. The van der Waals surface area contributed by atoms with Crippen LogP contribution in [0.2, 0.25) is 0 Å². The van der Waals surface area contributed by atoms with Crippen LogP contribution in [0.1, 0.15) is 53.4 Å². The van der Waals surface area contributed by atoms with Crippen LogP contribution in [0.3, 0.4) is 0 Å². The lowest BCUT2D eigenvalue weighted by Gasteiger charge is -2.35. The molecule has 0 aromatic rings. The molecule has 0 amide bonds. The van der Waals surface area contributed by atoms with Crippen molar-refractivity contribution in [1.29, 1.82) is 0 Å². The Morgan fingerprint density at radius 1 is 1.05 bits per heavy atom. The van der Waals surface area contributed by atoms with Crippen LogP contribution in [-0.4, -0.2) is 23.1 Å². The zero-order valence-electron chi connectivity index (χ0n) is 13.3. The standard InChI is InChI=1S/C15H24F6O/c1-5-6-12(4)7-11(9(2)10(12)3)8-13(22,14(16,17)18)15(19,20)21/h9-11,22H,5-8H2,1-4H3. The van der Waals surface area contributed by atoms with Crippen LogP contribution in [0.25, 0.3) is 0 Å². The first kappa shape index (κ1) is 19.6. The summed E-state index contributed by atoms with van der Waals surface area (Å²) in [6, 6.07) is 0. The van der Waals surface area contributed by atoms with Gasteiger partial charge in [-0.1, -0.05) is 34.1 Å². The third-order valence-corrected chi connectivity index (χ3v) is 5.68. The van der Waals surface area contributed by atoms with Crippen molar-refractivity contribution in [2.24, 2.45) is 23.2 Å². The van der Waals surface area contributed by atoms with Gasteiger partial charge in [0.2, 0.25) is 0 Å². The van der Waals surface area contributed by atoms with Crippen molar-refractivity contribution in [3.8, 4) is 0 Å². The van der Waals surface area contributed by atoms with Gasteiger partial charge in [-0.15, -0.1) is 0 Å². The molecule has 1 aliphatic rings. The fourth-order valence-electron chi connectivity index (χ4n) is 3.94. The smallest absolute Gasteiger partial charge is 0.374 e. The zero-order valence-corrected chi connectivity index (χ0v) is 13.3. The van der Waals surface area contributed by atoms with Gasteiger partial charge in [0.15, 0.2) is 0 Å². The molecule has 1 nitrogen and oxygen atoms in total. The first-order valence-electron chi connectivity index (χ1n) is 7.55. The van der Waals surface area contributed by atoms with Crippen molar-refractivity contribution in [2.45, 2.75) is 71.3 Å². The number of alkyl halides is 6. The quantitative estimate of drug-likeness (QED) is 0.689. The molecule has 4 unspecified atom stereocenters. The molecule has 1 fully saturated rings. The molecular weight excluding hydrogens is 310 g/mol. The molecule has 132 valence electrons. The van der Waals surface area contributed by atoms with Gasteiger partial charge in [0.05, 0.1) is 0 Å². The van der Waals surface area contributed by atoms with E-state index >= 15 is 0 Å². The first-order valence-corrected chi connectivity index (χ1v) is 7.55. The maximum Gasteiger partial charge on any atom is 0.426 e. The molecule has 0 aliphatic heterocycles. The predicted octanol–water partition coefficient (Wildman–Crippen LogP) is 5.33. The maximum absolute atomic E-state index is 12.8.